The quantitative estimate of drug-likeness (QED) is 0.336. The van der Waals surface area contributed by atoms with E-state index >= 15 is 0 Å². The first-order valence-corrected chi connectivity index (χ1v) is 11.6. The Hall–Kier alpha value is 1.44. The second kappa shape index (κ2) is 8.91. The van der Waals surface area contributed by atoms with Crippen LogP contribution in [0.5, 0.6) is 0 Å². The summed E-state index contributed by atoms with van der Waals surface area (Å²) in [6, 6.07) is 0. The molecule has 0 N–H and O–H groups in total. The van der Waals surface area contributed by atoms with Crippen molar-refractivity contribution in [3.8, 4) is 0 Å². The van der Waals surface area contributed by atoms with E-state index in [1.165, 1.54) is 44.4 Å². The molecule has 0 heterocycles. The molecule has 1 aliphatic carbocycles. The van der Waals surface area contributed by atoms with Gasteiger partial charge in [0.15, 0.2) is 0 Å². The van der Waals surface area contributed by atoms with Crippen LogP contribution in [0.25, 0.3) is 0 Å². The van der Waals surface area contributed by atoms with Crippen molar-refractivity contribution < 1.29 is 0 Å². The molecule has 1 rings (SSSR count). The second-order valence-corrected chi connectivity index (χ2v) is 11.6. The average molecular weight is 357 g/mol. The van der Waals surface area contributed by atoms with Crippen molar-refractivity contribution in [1.29, 1.82) is 0 Å². The van der Waals surface area contributed by atoms with E-state index in [9.17, 15) is 0 Å². The monoisotopic (exact) mass is 356 g/mol. The van der Waals surface area contributed by atoms with Crippen LogP contribution in [-0.4, -0.2) is 28.0 Å². The summed E-state index contributed by atoms with van der Waals surface area (Å²) in [5.41, 5.74) is 1.11. The van der Waals surface area contributed by atoms with E-state index < -0.39 is 0 Å². The molecule has 20 heavy (non-hydrogen) atoms. The van der Waals surface area contributed by atoms with Crippen LogP contribution in [0.4, 0.5) is 0 Å². The Bertz CT molecular complexity index is 280. The molecule has 5 atom stereocenters. The molecule has 1 fully saturated rings. The van der Waals surface area contributed by atoms with Crippen molar-refractivity contribution in [2.75, 3.05) is 12.3 Å². The van der Waals surface area contributed by atoms with Crippen molar-refractivity contribution in [1.82, 2.24) is 0 Å². The van der Waals surface area contributed by atoms with E-state index in [0.29, 0.717) is 11.1 Å². The highest BCUT2D eigenvalue weighted by Crippen LogP contribution is 2.61. The number of rotatable bonds is 8. The highest BCUT2D eigenvalue weighted by atomic mass is 35.5. The van der Waals surface area contributed by atoms with Crippen LogP contribution in [0.1, 0.15) is 66.2 Å². The van der Waals surface area contributed by atoms with Gasteiger partial charge in [-0.05, 0) is 49.1 Å². The van der Waals surface area contributed by atoms with Gasteiger partial charge < -0.3 is 0 Å². The van der Waals surface area contributed by atoms with E-state index in [4.69, 9.17) is 23.2 Å². The summed E-state index contributed by atoms with van der Waals surface area (Å²) < 4.78 is -0.133. The van der Waals surface area contributed by atoms with Gasteiger partial charge in [-0.3, -0.25) is 0 Å². The van der Waals surface area contributed by atoms with E-state index in [1.54, 1.807) is 0 Å². The molecule has 5 unspecified atom stereocenters. The minimum atomic E-state index is -0.133. The molecule has 0 nitrogen and oxygen atoms in total. The lowest BCUT2D eigenvalue weighted by atomic mass is 9.68. The summed E-state index contributed by atoms with van der Waals surface area (Å²) in [5, 5.41) is 0.183. The van der Waals surface area contributed by atoms with Crippen molar-refractivity contribution in [3.05, 3.63) is 0 Å². The van der Waals surface area contributed by atoms with Gasteiger partial charge in [0.1, 0.15) is 0 Å². The third-order valence-corrected chi connectivity index (χ3v) is 9.42. The molecule has 0 radical (unpaired) electrons. The largest absolute Gasteiger partial charge is 0.120 e. The predicted octanol–water partition coefficient (Wildman–Crippen LogP) is 6.67. The molecule has 0 aromatic rings. The molecule has 0 amide bonds. The third-order valence-electron chi connectivity index (χ3n) is 4.57. The molecule has 1 aliphatic rings. The van der Waals surface area contributed by atoms with Crippen molar-refractivity contribution in [3.63, 3.8) is 0 Å². The fraction of sp³-hybridized carbons (Fsp3) is 1.00. The standard InChI is InChI=1S/C16H32Cl2P2/c1-5-9-15(10-6-2)11-13(19-7-3)14(17)16(18,12-15)20-8-4/h13-14,19-20H,5-12H2,1-4H3. The molecule has 1 saturated carbocycles. The molecule has 0 saturated heterocycles. The highest BCUT2D eigenvalue weighted by molar-refractivity contribution is 7.43. The van der Waals surface area contributed by atoms with E-state index in [-0.39, 0.29) is 9.99 Å². The number of alkyl halides is 2. The summed E-state index contributed by atoms with van der Waals surface area (Å²) in [6.45, 7) is 9.17. The van der Waals surface area contributed by atoms with Gasteiger partial charge in [-0.15, -0.1) is 31.8 Å². The minimum absolute atomic E-state index is 0.133. The topological polar surface area (TPSA) is 0 Å². The van der Waals surface area contributed by atoms with Crippen LogP contribution in [0.15, 0.2) is 0 Å². The summed E-state index contributed by atoms with van der Waals surface area (Å²) in [5.74, 6) is 0. The smallest absolute Gasteiger partial charge is 0.0785 e. The maximum absolute atomic E-state index is 7.10. The first-order chi connectivity index (χ1) is 9.47. The number of hydrogen-bond acceptors (Lipinski definition) is 0. The first-order valence-electron chi connectivity index (χ1n) is 8.28. The van der Waals surface area contributed by atoms with Crippen molar-refractivity contribution >= 4 is 40.4 Å². The average Bonchev–Trinajstić information content (AvgIpc) is 2.37. The summed E-state index contributed by atoms with van der Waals surface area (Å²) >= 11 is 14.0. The zero-order valence-electron chi connectivity index (χ0n) is 13.6. The van der Waals surface area contributed by atoms with E-state index in [2.05, 4.69) is 27.7 Å². The molecule has 120 valence electrons. The minimum Gasteiger partial charge on any atom is -0.120 e. The Morgan fingerprint density at radius 3 is 2.10 bits per heavy atom. The van der Waals surface area contributed by atoms with Crippen molar-refractivity contribution in [2.24, 2.45) is 5.41 Å². The maximum Gasteiger partial charge on any atom is 0.0785 e. The van der Waals surface area contributed by atoms with E-state index in [1.807, 2.05) is 0 Å². The lowest BCUT2D eigenvalue weighted by Gasteiger charge is -2.51. The van der Waals surface area contributed by atoms with Crippen LogP contribution in [0.3, 0.4) is 0 Å². The molecule has 0 aliphatic heterocycles. The van der Waals surface area contributed by atoms with Gasteiger partial charge in [-0.25, -0.2) is 0 Å². The Labute approximate surface area is 140 Å². The Morgan fingerprint density at radius 2 is 1.65 bits per heavy atom. The van der Waals surface area contributed by atoms with Crippen LogP contribution >= 0.6 is 40.4 Å². The van der Waals surface area contributed by atoms with E-state index in [0.717, 1.165) is 23.6 Å². The first kappa shape index (κ1) is 19.5. The fourth-order valence-corrected chi connectivity index (χ4v) is 8.91. The third kappa shape index (κ3) is 4.72. The van der Waals surface area contributed by atoms with Gasteiger partial charge in [-0.1, -0.05) is 49.1 Å². The molecular weight excluding hydrogens is 325 g/mol. The SMILES string of the molecule is CCCC1(CCC)CC(PCC)C(Cl)C(Cl)(PCC)C1. The summed E-state index contributed by atoms with van der Waals surface area (Å²) in [6.07, 6.45) is 10.1. The number of halogens is 2. The molecule has 0 bridgehead atoms. The zero-order chi connectivity index (χ0) is 15.2. The zero-order valence-corrected chi connectivity index (χ0v) is 17.1. The maximum atomic E-state index is 7.10. The molecule has 4 heteroatoms. The van der Waals surface area contributed by atoms with Crippen LogP contribution < -0.4 is 0 Å². The molecule has 0 spiro atoms. The normalized spacial score (nSPS) is 34.5. The Morgan fingerprint density at radius 1 is 1.05 bits per heavy atom. The van der Waals surface area contributed by atoms with Gasteiger partial charge in [0, 0.05) is 0 Å². The molecule has 0 aromatic heterocycles. The predicted molar refractivity (Wildman–Crippen MR) is 101 cm³/mol. The van der Waals surface area contributed by atoms with Crippen molar-refractivity contribution in [2.45, 2.75) is 81.9 Å². The van der Waals surface area contributed by atoms with Gasteiger partial charge >= 0.3 is 0 Å². The van der Waals surface area contributed by atoms with Gasteiger partial charge in [0.05, 0.1) is 9.99 Å². The number of hydrogen-bond donors (Lipinski definition) is 0. The second-order valence-electron chi connectivity index (χ2n) is 6.34. The lowest BCUT2D eigenvalue weighted by Crippen LogP contribution is -2.49. The van der Waals surface area contributed by atoms with Crippen LogP contribution in [0, 0.1) is 5.41 Å². The van der Waals surface area contributed by atoms with Gasteiger partial charge in [0.2, 0.25) is 0 Å². The summed E-state index contributed by atoms with van der Waals surface area (Å²) in [4.78, 5) is 0. The molecular formula is C16H32Cl2P2. The van der Waals surface area contributed by atoms with Crippen LogP contribution in [-0.2, 0) is 0 Å². The fourth-order valence-electron chi connectivity index (χ4n) is 4.06. The summed E-state index contributed by atoms with van der Waals surface area (Å²) in [7, 11) is 1.78. The Kier molecular flexibility index (Phi) is 8.68. The highest BCUT2D eigenvalue weighted by Gasteiger charge is 2.51. The Balaban J connectivity index is 3.01. The lowest BCUT2D eigenvalue weighted by molar-refractivity contribution is 0.154. The molecule has 0 aromatic carbocycles. The van der Waals surface area contributed by atoms with Crippen LogP contribution in [0.2, 0.25) is 0 Å². The van der Waals surface area contributed by atoms with Gasteiger partial charge in [0.25, 0.3) is 0 Å². The van der Waals surface area contributed by atoms with Gasteiger partial charge in [-0.2, -0.15) is 0 Å².